The largest absolute Gasteiger partial charge is 0.390 e. The number of hydrogen-bond donors (Lipinski definition) is 1. The van der Waals surface area contributed by atoms with Crippen LogP contribution in [0.25, 0.3) is 11.2 Å². The molecule has 138 valence electrons. The summed E-state index contributed by atoms with van der Waals surface area (Å²) in [5, 5.41) is 18.5. The van der Waals surface area contributed by atoms with E-state index in [1.807, 2.05) is 12.1 Å². The lowest BCUT2D eigenvalue weighted by atomic mass is 10.1. The van der Waals surface area contributed by atoms with Crippen molar-refractivity contribution in [2.75, 3.05) is 13.1 Å². The number of benzene rings is 1. The number of aromatic nitrogens is 4. The summed E-state index contributed by atoms with van der Waals surface area (Å²) < 4.78 is 1.57. The minimum Gasteiger partial charge on any atom is -0.390 e. The summed E-state index contributed by atoms with van der Waals surface area (Å²) in [6.07, 6.45) is 0.996. The van der Waals surface area contributed by atoms with Crippen LogP contribution < -0.4 is 0 Å². The van der Waals surface area contributed by atoms with E-state index in [4.69, 9.17) is 0 Å². The van der Waals surface area contributed by atoms with Crippen molar-refractivity contribution in [3.8, 4) is 0 Å². The Hall–Kier alpha value is -2.84. The molecule has 0 spiro atoms. The second-order valence-electron chi connectivity index (χ2n) is 7.30. The molecule has 0 aliphatic carbocycles. The monoisotopic (exact) mass is 364 g/mol. The number of amides is 1. The van der Waals surface area contributed by atoms with Crippen molar-refractivity contribution in [3.05, 3.63) is 53.2 Å². The molecule has 1 amide bonds. The van der Waals surface area contributed by atoms with Crippen LogP contribution in [0.3, 0.4) is 0 Å². The Balaban J connectivity index is 1.34. The number of aryl methyl sites for hydroxylation is 1. The van der Waals surface area contributed by atoms with Gasteiger partial charge in [-0.1, -0.05) is 29.5 Å². The molecule has 2 aliphatic heterocycles. The summed E-state index contributed by atoms with van der Waals surface area (Å²) in [5.74, 6) is -0.131. The van der Waals surface area contributed by atoms with E-state index in [1.165, 1.54) is 11.1 Å². The topological polar surface area (TPSA) is 87.4 Å². The number of hydrogen-bond acceptors (Lipinski definition) is 6. The molecule has 8 heteroatoms. The summed E-state index contributed by atoms with van der Waals surface area (Å²) >= 11 is 0. The normalized spacial score (nSPS) is 22.5. The highest BCUT2D eigenvalue weighted by Gasteiger charge is 2.39. The van der Waals surface area contributed by atoms with E-state index in [-0.39, 0.29) is 11.9 Å². The van der Waals surface area contributed by atoms with Crippen molar-refractivity contribution in [3.63, 3.8) is 0 Å². The zero-order valence-corrected chi connectivity index (χ0v) is 15.0. The van der Waals surface area contributed by atoms with E-state index in [0.717, 1.165) is 13.1 Å². The molecule has 27 heavy (non-hydrogen) atoms. The molecular formula is C19H20N6O2. The minimum atomic E-state index is -0.559. The Morgan fingerprint density at radius 1 is 1.19 bits per heavy atom. The number of carbonyl (C=O) groups excluding carboxylic acids is 1. The fourth-order valence-electron chi connectivity index (χ4n) is 4.11. The maximum Gasteiger partial charge on any atom is 0.255 e. The summed E-state index contributed by atoms with van der Waals surface area (Å²) in [4.78, 5) is 21.2. The first-order valence-electron chi connectivity index (χ1n) is 9.04. The molecule has 3 aromatic rings. The number of fused-ring (bicyclic) bond motifs is 2. The van der Waals surface area contributed by atoms with Gasteiger partial charge >= 0.3 is 0 Å². The van der Waals surface area contributed by atoms with Gasteiger partial charge in [-0.2, -0.15) is 0 Å². The van der Waals surface area contributed by atoms with Gasteiger partial charge in [0.1, 0.15) is 5.52 Å². The average molecular weight is 364 g/mol. The Bertz CT molecular complexity index is 1010. The quantitative estimate of drug-likeness (QED) is 0.715. The summed E-state index contributed by atoms with van der Waals surface area (Å²) in [7, 11) is 1.76. The van der Waals surface area contributed by atoms with E-state index >= 15 is 0 Å². The zero-order valence-electron chi connectivity index (χ0n) is 15.0. The van der Waals surface area contributed by atoms with Crippen molar-refractivity contribution in [1.29, 1.82) is 0 Å². The fraction of sp³-hybridized carbons (Fsp3) is 0.368. The molecule has 1 N–H and O–H groups in total. The Labute approximate surface area is 156 Å². The first-order valence-corrected chi connectivity index (χ1v) is 9.04. The number of β-amino-alcohol motifs (C(OH)–C–C–N with tert-alkyl or cyclic N) is 1. The standard InChI is InChI=1S/C19H20N6O2/c1-23-18-15(21-22-23)6-14(7-20-18)19(27)25-10-16(17(26)11-25)24-8-12-4-2-3-5-13(12)9-24/h2-7,16-17,26H,8-11H2,1H3/t16-,17-/m0/s1. The van der Waals surface area contributed by atoms with Gasteiger partial charge in [0.15, 0.2) is 5.65 Å². The molecular weight excluding hydrogens is 344 g/mol. The molecule has 8 nitrogen and oxygen atoms in total. The van der Waals surface area contributed by atoms with Gasteiger partial charge in [0.05, 0.1) is 17.7 Å². The molecule has 0 unspecified atom stereocenters. The smallest absolute Gasteiger partial charge is 0.255 e. The number of aliphatic hydroxyl groups is 1. The number of nitrogens with zero attached hydrogens (tertiary/aromatic N) is 6. The third-order valence-corrected chi connectivity index (χ3v) is 5.57. The molecule has 5 rings (SSSR count). The Morgan fingerprint density at radius 2 is 1.93 bits per heavy atom. The molecule has 2 atom stereocenters. The number of aliphatic hydroxyl groups excluding tert-OH is 1. The van der Waals surface area contributed by atoms with E-state index in [2.05, 4.69) is 32.3 Å². The zero-order chi connectivity index (χ0) is 18.5. The second-order valence-corrected chi connectivity index (χ2v) is 7.30. The average Bonchev–Trinajstić information content (AvgIpc) is 3.37. The van der Waals surface area contributed by atoms with Crippen molar-refractivity contribution in [1.82, 2.24) is 29.8 Å². The van der Waals surface area contributed by atoms with Gasteiger partial charge in [-0.25, -0.2) is 9.67 Å². The van der Waals surface area contributed by atoms with Crippen LogP contribution in [0.5, 0.6) is 0 Å². The van der Waals surface area contributed by atoms with Crippen LogP contribution in [-0.2, 0) is 20.1 Å². The molecule has 0 saturated carbocycles. The molecule has 0 radical (unpaired) electrons. The fourth-order valence-corrected chi connectivity index (χ4v) is 4.11. The summed E-state index contributed by atoms with van der Waals surface area (Å²) in [6.45, 7) is 2.46. The van der Waals surface area contributed by atoms with Crippen molar-refractivity contribution in [2.24, 2.45) is 7.05 Å². The maximum atomic E-state index is 12.9. The molecule has 0 bridgehead atoms. The van der Waals surface area contributed by atoms with Crippen LogP contribution >= 0.6 is 0 Å². The van der Waals surface area contributed by atoms with Crippen LogP contribution in [0.2, 0.25) is 0 Å². The van der Waals surface area contributed by atoms with E-state index in [9.17, 15) is 9.90 Å². The third-order valence-electron chi connectivity index (χ3n) is 5.57. The molecule has 1 aromatic carbocycles. The van der Waals surface area contributed by atoms with E-state index < -0.39 is 6.10 Å². The third kappa shape index (κ3) is 2.68. The van der Waals surface area contributed by atoms with Crippen molar-refractivity contribution < 1.29 is 9.90 Å². The summed E-state index contributed by atoms with van der Waals surface area (Å²) in [5.41, 5.74) is 4.30. The lowest BCUT2D eigenvalue weighted by molar-refractivity contribution is 0.0757. The lowest BCUT2D eigenvalue weighted by Crippen LogP contribution is -2.40. The molecule has 1 fully saturated rings. The Kier molecular flexibility index (Phi) is 3.70. The van der Waals surface area contributed by atoms with Gasteiger partial charge in [-0.15, -0.1) is 5.10 Å². The molecule has 2 aromatic heterocycles. The number of likely N-dealkylation sites (tertiary alicyclic amines) is 1. The highest BCUT2D eigenvalue weighted by Crippen LogP contribution is 2.28. The van der Waals surface area contributed by atoms with E-state index in [1.54, 1.807) is 28.9 Å². The van der Waals surface area contributed by atoms with Crippen molar-refractivity contribution in [2.45, 2.75) is 25.2 Å². The number of pyridine rings is 1. The first-order chi connectivity index (χ1) is 13.1. The second kappa shape index (κ2) is 6.11. The van der Waals surface area contributed by atoms with E-state index in [0.29, 0.717) is 29.8 Å². The highest BCUT2D eigenvalue weighted by molar-refractivity contribution is 5.96. The molecule has 2 aliphatic rings. The first kappa shape index (κ1) is 16.3. The maximum absolute atomic E-state index is 12.9. The minimum absolute atomic E-state index is 0.0606. The van der Waals surface area contributed by atoms with Gasteiger partial charge < -0.3 is 10.0 Å². The molecule has 4 heterocycles. The van der Waals surface area contributed by atoms with Gasteiger partial charge in [0, 0.05) is 39.4 Å². The van der Waals surface area contributed by atoms with Crippen LogP contribution in [0.4, 0.5) is 0 Å². The summed E-state index contributed by atoms with van der Waals surface area (Å²) in [6, 6.07) is 9.98. The van der Waals surface area contributed by atoms with Crippen LogP contribution in [0.1, 0.15) is 21.5 Å². The number of carbonyl (C=O) groups is 1. The predicted octanol–water partition coefficient (Wildman–Crippen LogP) is 0.564. The van der Waals surface area contributed by atoms with Crippen molar-refractivity contribution >= 4 is 17.1 Å². The van der Waals surface area contributed by atoms with Crippen LogP contribution in [0, 0.1) is 0 Å². The van der Waals surface area contributed by atoms with Gasteiger partial charge in [-0.05, 0) is 17.2 Å². The number of rotatable bonds is 2. The van der Waals surface area contributed by atoms with Crippen LogP contribution in [0.15, 0.2) is 36.5 Å². The highest BCUT2D eigenvalue weighted by atomic mass is 16.3. The SMILES string of the molecule is Cn1nnc2cc(C(=O)N3C[C@H](O)[C@@H](N4Cc5ccccc5C4)C3)cnc21. The van der Waals surface area contributed by atoms with Gasteiger partial charge in [0.25, 0.3) is 5.91 Å². The van der Waals surface area contributed by atoms with Gasteiger partial charge in [-0.3, -0.25) is 9.69 Å². The Morgan fingerprint density at radius 3 is 2.67 bits per heavy atom. The van der Waals surface area contributed by atoms with Gasteiger partial charge in [0.2, 0.25) is 0 Å². The lowest BCUT2D eigenvalue weighted by Gasteiger charge is -2.25. The molecule has 1 saturated heterocycles. The van der Waals surface area contributed by atoms with Crippen LogP contribution in [-0.4, -0.2) is 66.0 Å². The predicted molar refractivity (Wildman–Crippen MR) is 97.7 cm³/mol.